The first kappa shape index (κ1) is 12.1. The van der Waals surface area contributed by atoms with Crippen molar-refractivity contribution in [3.05, 3.63) is 29.2 Å². The van der Waals surface area contributed by atoms with Crippen molar-refractivity contribution < 1.29 is 5.11 Å². The summed E-state index contributed by atoms with van der Waals surface area (Å²) in [5.41, 5.74) is 2.60. The lowest BCUT2D eigenvalue weighted by Crippen LogP contribution is -1.96. The van der Waals surface area contributed by atoms with E-state index in [0.717, 1.165) is 22.0 Å². The van der Waals surface area contributed by atoms with Crippen molar-refractivity contribution in [1.29, 1.82) is 0 Å². The van der Waals surface area contributed by atoms with E-state index in [4.69, 9.17) is 0 Å². The van der Waals surface area contributed by atoms with E-state index < -0.39 is 0 Å². The van der Waals surface area contributed by atoms with Crippen LogP contribution in [0.2, 0.25) is 0 Å². The van der Waals surface area contributed by atoms with Crippen LogP contribution in [0.15, 0.2) is 22.4 Å². The smallest absolute Gasteiger partial charge is 0.194 e. The second-order valence-electron chi connectivity index (χ2n) is 3.73. The summed E-state index contributed by atoms with van der Waals surface area (Å²) >= 11 is 1.42. The number of hydrogen-bond acceptors (Lipinski definition) is 5. The summed E-state index contributed by atoms with van der Waals surface area (Å²) in [5, 5.41) is 15.2. The lowest BCUT2D eigenvalue weighted by molar-refractivity contribution is 0.277. The Morgan fingerprint density at radius 1 is 1.41 bits per heavy atom. The van der Waals surface area contributed by atoms with Gasteiger partial charge in [-0.05, 0) is 31.7 Å². The third kappa shape index (κ3) is 2.48. The molecule has 90 valence electrons. The molecule has 5 nitrogen and oxygen atoms in total. The Hall–Kier alpha value is -1.40. The number of aromatic nitrogens is 4. The highest BCUT2D eigenvalue weighted by atomic mass is 32.2. The Morgan fingerprint density at radius 3 is 2.82 bits per heavy atom. The van der Waals surface area contributed by atoms with Crippen LogP contribution < -0.4 is 0 Å². The average Bonchev–Trinajstić information content (AvgIpc) is 2.53. The first-order chi connectivity index (χ1) is 8.11. The predicted octanol–water partition coefficient (Wildman–Crippen LogP) is 1.47. The maximum Gasteiger partial charge on any atom is 0.194 e. The molecule has 0 aliphatic carbocycles. The van der Waals surface area contributed by atoms with E-state index >= 15 is 0 Å². The molecule has 0 aromatic carbocycles. The number of aryl methyl sites for hydroxylation is 3. The molecule has 0 radical (unpaired) electrons. The van der Waals surface area contributed by atoms with Gasteiger partial charge in [0.15, 0.2) is 5.16 Å². The molecule has 17 heavy (non-hydrogen) atoms. The summed E-state index contributed by atoms with van der Waals surface area (Å²) in [6.45, 7) is 3.79. The van der Waals surface area contributed by atoms with Gasteiger partial charge in [-0.15, -0.1) is 0 Å². The van der Waals surface area contributed by atoms with Gasteiger partial charge in [0, 0.05) is 24.5 Å². The van der Waals surface area contributed by atoms with E-state index in [1.54, 1.807) is 10.9 Å². The molecule has 2 aromatic rings. The van der Waals surface area contributed by atoms with Crippen molar-refractivity contribution in [2.24, 2.45) is 7.05 Å². The maximum absolute atomic E-state index is 9.34. The Bertz CT molecular complexity index is 538. The normalized spacial score (nSPS) is 10.8. The van der Waals surface area contributed by atoms with Gasteiger partial charge < -0.3 is 5.11 Å². The molecule has 6 heteroatoms. The van der Waals surface area contributed by atoms with E-state index in [1.165, 1.54) is 11.8 Å². The molecule has 0 unspecified atom stereocenters. The summed E-state index contributed by atoms with van der Waals surface area (Å²) in [6.07, 6.45) is 1.73. The number of rotatable bonds is 3. The maximum atomic E-state index is 9.34. The first-order valence-corrected chi connectivity index (χ1v) is 6.04. The van der Waals surface area contributed by atoms with Crippen LogP contribution >= 0.6 is 11.8 Å². The standard InChI is InChI=1S/C11H14N4OS/c1-7-4-5-12-11(13-7)17-10-9(6-16)8(2)14-15(10)3/h4-5,16H,6H2,1-3H3. The Labute approximate surface area is 104 Å². The summed E-state index contributed by atoms with van der Waals surface area (Å²) in [4.78, 5) is 8.51. The lowest BCUT2D eigenvalue weighted by atomic mass is 10.3. The summed E-state index contributed by atoms with van der Waals surface area (Å²) < 4.78 is 1.75. The third-order valence-electron chi connectivity index (χ3n) is 2.41. The van der Waals surface area contributed by atoms with Crippen LogP contribution in [-0.4, -0.2) is 24.9 Å². The van der Waals surface area contributed by atoms with Crippen molar-refractivity contribution in [3.8, 4) is 0 Å². The quantitative estimate of drug-likeness (QED) is 0.836. The van der Waals surface area contributed by atoms with Crippen molar-refractivity contribution in [3.63, 3.8) is 0 Å². The van der Waals surface area contributed by atoms with Crippen molar-refractivity contribution in [1.82, 2.24) is 19.7 Å². The SMILES string of the molecule is Cc1ccnc(Sc2c(CO)c(C)nn2C)n1. The van der Waals surface area contributed by atoms with Crippen molar-refractivity contribution in [2.75, 3.05) is 0 Å². The fourth-order valence-corrected chi connectivity index (χ4v) is 2.54. The molecule has 1 N–H and O–H groups in total. The molecular weight excluding hydrogens is 236 g/mol. The van der Waals surface area contributed by atoms with Crippen LogP contribution in [0, 0.1) is 13.8 Å². The second-order valence-corrected chi connectivity index (χ2v) is 4.69. The second kappa shape index (κ2) is 4.85. The van der Waals surface area contributed by atoms with Crippen LogP contribution in [0.5, 0.6) is 0 Å². The van der Waals surface area contributed by atoms with Gasteiger partial charge in [0.1, 0.15) is 5.03 Å². The van der Waals surface area contributed by atoms with Gasteiger partial charge in [-0.1, -0.05) is 0 Å². The Morgan fingerprint density at radius 2 is 2.18 bits per heavy atom. The molecule has 2 rings (SSSR count). The van der Waals surface area contributed by atoms with E-state index in [9.17, 15) is 5.11 Å². The van der Waals surface area contributed by atoms with Crippen LogP contribution in [0.3, 0.4) is 0 Å². The first-order valence-electron chi connectivity index (χ1n) is 5.22. The molecule has 0 saturated heterocycles. The van der Waals surface area contributed by atoms with Gasteiger partial charge in [-0.2, -0.15) is 5.10 Å². The van der Waals surface area contributed by atoms with Gasteiger partial charge in [-0.25, -0.2) is 9.97 Å². The van der Waals surface area contributed by atoms with E-state index in [-0.39, 0.29) is 6.61 Å². The van der Waals surface area contributed by atoms with Crippen LogP contribution in [0.4, 0.5) is 0 Å². The fraction of sp³-hybridized carbons (Fsp3) is 0.364. The van der Waals surface area contributed by atoms with E-state index in [2.05, 4.69) is 15.1 Å². The highest BCUT2D eigenvalue weighted by molar-refractivity contribution is 7.99. The molecule has 0 atom stereocenters. The minimum absolute atomic E-state index is 0.0200. The van der Waals surface area contributed by atoms with Crippen molar-refractivity contribution >= 4 is 11.8 Å². The minimum atomic E-state index is -0.0200. The predicted molar refractivity (Wildman–Crippen MR) is 64.8 cm³/mol. The summed E-state index contributed by atoms with van der Waals surface area (Å²) in [6, 6.07) is 1.85. The molecule has 0 spiro atoms. The topological polar surface area (TPSA) is 63.8 Å². The van der Waals surface area contributed by atoms with E-state index in [1.807, 2.05) is 27.0 Å². The summed E-state index contributed by atoms with van der Waals surface area (Å²) in [7, 11) is 1.85. The fourth-order valence-electron chi connectivity index (χ4n) is 1.55. The molecule has 0 fully saturated rings. The highest BCUT2D eigenvalue weighted by Gasteiger charge is 2.14. The zero-order valence-electron chi connectivity index (χ0n) is 10.0. The molecular formula is C11H14N4OS. The number of nitrogens with zero attached hydrogens (tertiary/aromatic N) is 4. The van der Waals surface area contributed by atoms with Gasteiger partial charge in [0.05, 0.1) is 12.3 Å². The third-order valence-corrected chi connectivity index (χ3v) is 3.49. The van der Waals surface area contributed by atoms with Crippen LogP contribution in [0.1, 0.15) is 17.0 Å². The molecule has 0 amide bonds. The molecule has 2 aromatic heterocycles. The van der Waals surface area contributed by atoms with Crippen LogP contribution in [0.25, 0.3) is 0 Å². The van der Waals surface area contributed by atoms with Gasteiger partial charge in [0.25, 0.3) is 0 Å². The largest absolute Gasteiger partial charge is 0.392 e. The monoisotopic (exact) mass is 250 g/mol. The van der Waals surface area contributed by atoms with Crippen molar-refractivity contribution in [2.45, 2.75) is 30.6 Å². The lowest BCUT2D eigenvalue weighted by Gasteiger charge is -2.03. The molecule has 0 saturated carbocycles. The van der Waals surface area contributed by atoms with Crippen LogP contribution in [-0.2, 0) is 13.7 Å². The number of aliphatic hydroxyl groups excluding tert-OH is 1. The average molecular weight is 250 g/mol. The highest BCUT2D eigenvalue weighted by Crippen LogP contribution is 2.29. The zero-order valence-corrected chi connectivity index (χ0v) is 10.8. The van der Waals surface area contributed by atoms with Gasteiger partial charge >= 0.3 is 0 Å². The molecule has 0 aliphatic rings. The van der Waals surface area contributed by atoms with Gasteiger partial charge in [-0.3, -0.25) is 4.68 Å². The number of aliphatic hydroxyl groups is 1. The molecule has 2 heterocycles. The summed E-state index contributed by atoms with van der Waals surface area (Å²) in [5.74, 6) is 0. The minimum Gasteiger partial charge on any atom is -0.392 e. The van der Waals surface area contributed by atoms with E-state index in [0.29, 0.717) is 5.16 Å². The zero-order chi connectivity index (χ0) is 12.4. The van der Waals surface area contributed by atoms with Gasteiger partial charge in [0.2, 0.25) is 0 Å². The number of hydrogen-bond donors (Lipinski definition) is 1. The Kier molecular flexibility index (Phi) is 3.44. The molecule has 0 aliphatic heterocycles. The Balaban J connectivity index is 2.36. The molecule has 0 bridgehead atoms.